The molecule has 0 spiro atoms. The topological polar surface area (TPSA) is 58.5 Å². The molecular weight excluding hydrogens is 403 g/mol. The minimum Gasteiger partial charge on any atom is -0.376 e. The van der Waals surface area contributed by atoms with Gasteiger partial charge in [-0.3, -0.25) is 9.98 Å². The normalized spacial score (nSPS) is 17.8. The van der Waals surface area contributed by atoms with Crippen molar-refractivity contribution in [2.75, 3.05) is 20.2 Å². The molecule has 0 amide bonds. The minimum atomic E-state index is 0. The molecule has 0 bridgehead atoms. The van der Waals surface area contributed by atoms with Gasteiger partial charge in [-0.1, -0.05) is 24.3 Å². The van der Waals surface area contributed by atoms with E-state index in [0.29, 0.717) is 12.6 Å². The van der Waals surface area contributed by atoms with Crippen LogP contribution in [0.5, 0.6) is 0 Å². The second-order valence-electron chi connectivity index (χ2n) is 5.42. The van der Waals surface area contributed by atoms with E-state index in [-0.39, 0.29) is 24.0 Å². The number of aromatic nitrogens is 1. The number of fused-ring (bicyclic) bond motifs is 1. The average molecular weight is 426 g/mol. The molecule has 0 aliphatic carbocycles. The Morgan fingerprint density at radius 2 is 2.17 bits per heavy atom. The monoisotopic (exact) mass is 426 g/mol. The Morgan fingerprint density at radius 1 is 1.30 bits per heavy atom. The van der Waals surface area contributed by atoms with E-state index in [1.165, 1.54) is 10.8 Å². The molecule has 1 unspecified atom stereocenters. The van der Waals surface area contributed by atoms with Crippen molar-refractivity contribution >= 4 is 40.7 Å². The molecule has 2 N–H and O–H groups in total. The third-order valence-corrected chi connectivity index (χ3v) is 3.92. The zero-order valence-electron chi connectivity index (χ0n) is 13.3. The summed E-state index contributed by atoms with van der Waals surface area (Å²) in [7, 11) is 1.78. The summed E-state index contributed by atoms with van der Waals surface area (Å²) in [6.07, 6.45) is 4.42. The van der Waals surface area contributed by atoms with Crippen LogP contribution in [0, 0.1) is 0 Å². The van der Waals surface area contributed by atoms with Gasteiger partial charge in [0.25, 0.3) is 0 Å². The van der Waals surface area contributed by atoms with E-state index in [1.807, 2.05) is 24.4 Å². The highest BCUT2D eigenvalue weighted by atomic mass is 127. The van der Waals surface area contributed by atoms with Crippen LogP contribution < -0.4 is 10.6 Å². The van der Waals surface area contributed by atoms with Crippen molar-refractivity contribution in [1.82, 2.24) is 15.6 Å². The van der Waals surface area contributed by atoms with Gasteiger partial charge in [-0.25, -0.2) is 0 Å². The molecule has 2 aromatic rings. The molecule has 1 aromatic heterocycles. The Bertz CT molecular complexity index is 651. The number of nitrogens with one attached hydrogen (secondary N) is 2. The first kappa shape index (κ1) is 17.9. The van der Waals surface area contributed by atoms with Crippen molar-refractivity contribution in [3.8, 4) is 0 Å². The molecule has 6 heteroatoms. The smallest absolute Gasteiger partial charge is 0.191 e. The molecule has 1 saturated heterocycles. The van der Waals surface area contributed by atoms with Crippen LogP contribution in [-0.4, -0.2) is 37.2 Å². The second-order valence-corrected chi connectivity index (χ2v) is 5.42. The zero-order valence-corrected chi connectivity index (χ0v) is 15.6. The first-order valence-corrected chi connectivity index (χ1v) is 7.75. The number of aliphatic imine (C=N–C) groups is 1. The van der Waals surface area contributed by atoms with Crippen LogP contribution in [0.1, 0.15) is 18.5 Å². The second kappa shape index (κ2) is 9.02. The minimum absolute atomic E-state index is 0. The molecule has 5 nitrogen and oxygen atoms in total. The van der Waals surface area contributed by atoms with Crippen LogP contribution in [0.2, 0.25) is 0 Å². The lowest BCUT2D eigenvalue weighted by molar-refractivity contribution is 0.114. The van der Waals surface area contributed by atoms with Crippen LogP contribution in [0.15, 0.2) is 41.5 Å². The predicted molar refractivity (Wildman–Crippen MR) is 104 cm³/mol. The largest absolute Gasteiger partial charge is 0.376 e. The van der Waals surface area contributed by atoms with Gasteiger partial charge < -0.3 is 15.4 Å². The Hall–Kier alpha value is -1.41. The van der Waals surface area contributed by atoms with Gasteiger partial charge in [-0.05, 0) is 24.3 Å². The van der Waals surface area contributed by atoms with Crippen LogP contribution in [0.3, 0.4) is 0 Å². The van der Waals surface area contributed by atoms with Crippen molar-refractivity contribution in [2.45, 2.75) is 25.5 Å². The van der Waals surface area contributed by atoms with Crippen LogP contribution >= 0.6 is 24.0 Å². The fraction of sp³-hybridized carbons (Fsp3) is 0.412. The predicted octanol–water partition coefficient (Wildman–Crippen LogP) is 2.70. The molecular formula is C17H23IN4O. The van der Waals surface area contributed by atoms with E-state index < -0.39 is 0 Å². The van der Waals surface area contributed by atoms with E-state index in [4.69, 9.17) is 4.74 Å². The van der Waals surface area contributed by atoms with Crippen LogP contribution in [0.25, 0.3) is 10.8 Å². The summed E-state index contributed by atoms with van der Waals surface area (Å²) in [6, 6.07) is 10.3. The first-order chi connectivity index (χ1) is 10.9. The third kappa shape index (κ3) is 4.78. The van der Waals surface area contributed by atoms with Crippen LogP contribution in [-0.2, 0) is 11.3 Å². The number of rotatable bonds is 4. The van der Waals surface area contributed by atoms with Gasteiger partial charge in [0.05, 0.1) is 18.3 Å². The van der Waals surface area contributed by atoms with Gasteiger partial charge in [0.2, 0.25) is 0 Å². The van der Waals surface area contributed by atoms with Crippen LogP contribution in [0.4, 0.5) is 0 Å². The number of pyridine rings is 1. The van der Waals surface area contributed by atoms with Gasteiger partial charge in [0.15, 0.2) is 5.96 Å². The van der Waals surface area contributed by atoms with E-state index in [2.05, 4.69) is 32.7 Å². The molecule has 1 aliphatic heterocycles. The Kier molecular flexibility index (Phi) is 7.04. The Balaban J connectivity index is 0.00000192. The summed E-state index contributed by atoms with van der Waals surface area (Å²) in [4.78, 5) is 8.74. The highest BCUT2D eigenvalue weighted by molar-refractivity contribution is 14.0. The lowest BCUT2D eigenvalue weighted by atomic mass is 10.1. The van der Waals surface area contributed by atoms with Gasteiger partial charge in [-0.15, -0.1) is 24.0 Å². The molecule has 1 fully saturated rings. The van der Waals surface area contributed by atoms with Gasteiger partial charge in [-0.2, -0.15) is 0 Å². The lowest BCUT2D eigenvalue weighted by Crippen LogP contribution is -2.40. The highest BCUT2D eigenvalue weighted by Gasteiger charge is 2.15. The highest BCUT2D eigenvalue weighted by Crippen LogP contribution is 2.16. The summed E-state index contributed by atoms with van der Waals surface area (Å²) in [6.45, 7) is 2.31. The molecule has 1 aliphatic rings. The molecule has 124 valence electrons. The van der Waals surface area contributed by atoms with Gasteiger partial charge in [0.1, 0.15) is 0 Å². The van der Waals surface area contributed by atoms with E-state index in [1.54, 1.807) is 7.05 Å². The number of benzene rings is 1. The summed E-state index contributed by atoms with van der Waals surface area (Å²) in [5, 5.41) is 9.02. The molecule has 2 heterocycles. The SMILES string of the molecule is CN=C(NCc1nccc2ccccc12)NCC1CCCO1.I. The van der Waals surface area contributed by atoms with Crippen molar-refractivity contribution in [1.29, 1.82) is 0 Å². The maximum atomic E-state index is 5.61. The quantitative estimate of drug-likeness (QED) is 0.449. The summed E-state index contributed by atoms with van der Waals surface area (Å²) >= 11 is 0. The van der Waals surface area contributed by atoms with Gasteiger partial charge >= 0.3 is 0 Å². The molecule has 1 atom stereocenters. The van der Waals surface area contributed by atoms with Gasteiger partial charge in [0, 0.05) is 31.8 Å². The number of hydrogen-bond acceptors (Lipinski definition) is 3. The van der Waals surface area contributed by atoms with E-state index >= 15 is 0 Å². The summed E-state index contributed by atoms with van der Waals surface area (Å²) in [5.41, 5.74) is 1.03. The van der Waals surface area contributed by atoms with Crippen molar-refractivity contribution in [3.05, 3.63) is 42.2 Å². The third-order valence-electron chi connectivity index (χ3n) is 3.92. The average Bonchev–Trinajstić information content (AvgIpc) is 3.08. The molecule has 23 heavy (non-hydrogen) atoms. The fourth-order valence-electron chi connectivity index (χ4n) is 2.73. The lowest BCUT2D eigenvalue weighted by Gasteiger charge is -2.15. The van der Waals surface area contributed by atoms with Crippen molar-refractivity contribution < 1.29 is 4.74 Å². The molecule has 0 saturated carbocycles. The Morgan fingerprint density at radius 3 is 2.96 bits per heavy atom. The standard InChI is InChI=1S/C17H22N4O.HI/c1-18-17(20-11-14-6-4-10-22-14)21-12-16-15-7-3-2-5-13(15)8-9-19-16;/h2-3,5,7-9,14H,4,6,10-12H2,1H3,(H2,18,20,21);1H. The maximum Gasteiger partial charge on any atom is 0.191 e. The maximum absolute atomic E-state index is 5.61. The summed E-state index contributed by atoms with van der Waals surface area (Å²) < 4.78 is 5.61. The number of nitrogens with zero attached hydrogens (tertiary/aromatic N) is 2. The number of halogens is 1. The summed E-state index contributed by atoms with van der Waals surface area (Å²) in [5.74, 6) is 0.783. The molecule has 0 radical (unpaired) electrons. The van der Waals surface area contributed by atoms with Crippen molar-refractivity contribution in [2.24, 2.45) is 4.99 Å². The zero-order chi connectivity index (χ0) is 15.2. The fourth-order valence-corrected chi connectivity index (χ4v) is 2.73. The number of ether oxygens (including phenoxy) is 1. The molecule has 1 aromatic carbocycles. The number of hydrogen-bond donors (Lipinski definition) is 2. The Labute approximate surface area is 153 Å². The van der Waals surface area contributed by atoms with Crippen molar-refractivity contribution in [3.63, 3.8) is 0 Å². The van der Waals surface area contributed by atoms with E-state index in [9.17, 15) is 0 Å². The molecule has 3 rings (SSSR count). The first-order valence-electron chi connectivity index (χ1n) is 7.75. The van der Waals surface area contributed by atoms with E-state index in [0.717, 1.165) is 37.6 Å². The number of guanidine groups is 1.